The fourth-order valence-corrected chi connectivity index (χ4v) is 1.48. The molecule has 0 fully saturated rings. The van der Waals surface area contributed by atoms with Crippen LogP contribution in [0.25, 0.3) is 11.5 Å². The van der Waals surface area contributed by atoms with Crippen LogP contribution in [-0.4, -0.2) is 20.5 Å². The number of nitrogens with zero attached hydrogens (tertiary/aromatic N) is 3. The van der Waals surface area contributed by atoms with Crippen LogP contribution in [0.1, 0.15) is 26.5 Å². The number of hydrogen-bond acceptors (Lipinski definition) is 4. The van der Waals surface area contributed by atoms with Crippen molar-refractivity contribution in [1.82, 2.24) is 20.3 Å². The largest absolute Gasteiger partial charge is 0.306 e. The highest BCUT2D eigenvalue weighted by molar-refractivity contribution is 5.48. The minimum atomic E-state index is -0.366. The lowest BCUT2D eigenvalue weighted by Crippen LogP contribution is -2.35. The van der Waals surface area contributed by atoms with Gasteiger partial charge in [0.1, 0.15) is 11.5 Å². The monoisotopic (exact) mass is 260 g/mol. The lowest BCUT2D eigenvalue weighted by molar-refractivity contribution is 0.421. The van der Waals surface area contributed by atoms with Gasteiger partial charge in [-0.2, -0.15) is 0 Å². The summed E-state index contributed by atoms with van der Waals surface area (Å²) in [7, 11) is 0. The Morgan fingerprint density at radius 2 is 1.95 bits per heavy atom. The van der Waals surface area contributed by atoms with Crippen LogP contribution in [0.3, 0.4) is 0 Å². The van der Waals surface area contributed by atoms with Gasteiger partial charge in [0, 0.05) is 18.3 Å². The Bertz CT molecular complexity index is 546. The van der Waals surface area contributed by atoms with Crippen molar-refractivity contribution in [2.75, 3.05) is 0 Å². The fraction of sp³-hybridized carbons (Fsp3) is 0.357. The molecule has 100 valence electrons. The predicted octanol–water partition coefficient (Wildman–Crippen LogP) is 2.57. The summed E-state index contributed by atoms with van der Waals surface area (Å²) in [5, 5.41) is 3.36. The third kappa shape index (κ3) is 4.06. The van der Waals surface area contributed by atoms with Gasteiger partial charge in [-0.25, -0.2) is 19.3 Å². The van der Waals surface area contributed by atoms with E-state index < -0.39 is 0 Å². The first-order valence-corrected chi connectivity index (χ1v) is 6.13. The van der Waals surface area contributed by atoms with Crippen LogP contribution >= 0.6 is 0 Å². The predicted molar refractivity (Wildman–Crippen MR) is 71.8 cm³/mol. The summed E-state index contributed by atoms with van der Waals surface area (Å²) in [6, 6.07) is 4.78. The molecule has 1 N–H and O–H groups in total. The van der Waals surface area contributed by atoms with Gasteiger partial charge in [0.2, 0.25) is 0 Å². The molecule has 0 atom stereocenters. The first-order valence-electron chi connectivity index (χ1n) is 6.13. The molecule has 2 heterocycles. The van der Waals surface area contributed by atoms with Crippen molar-refractivity contribution in [2.45, 2.75) is 32.9 Å². The molecule has 0 amide bonds. The summed E-state index contributed by atoms with van der Waals surface area (Å²) < 4.78 is 12.8. The zero-order valence-corrected chi connectivity index (χ0v) is 11.3. The van der Waals surface area contributed by atoms with Crippen LogP contribution in [0.15, 0.2) is 30.6 Å². The third-order valence-corrected chi connectivity index (χ3v) is 2.47. The molecule has 0 radical (unpaired) electrons. The Hall–Kier alpha value is -1.88. The topological polar surface area (TPSA) is 50.7 Å². The Balaban J connectivity index is 2.17. The average Bonchev–Trinajstić information content (AvgIpc) is 2.37. The molecule has 0 bridgehead atoms. The highest BCUT2D eigenvalue weighted by Gasteiger charge is 2.10. The zero-order chi connectivity index (χ0) is 13.9. The molecule has 2 aromatic heterocycles. The number of hydrogen-bond donors (Lipinski definition) is 1. The minimum absolute atomic E-state index is 0.0270. The van der Waals surface area contributed by atoms with Gasteiger partial charge in [-0.1, -0.05) is 0 Å². The average molecular weight is 260 g/mol. The third-order valence-electron chi connectivity index (χ3n) is 2.47. The van der Waals surface area contributed by atoms with Gasteiger partial charge in [0.15, 0.2) is 5.82 Å². The first-order chi connectivity index (χ1) is 8.94. The van der Waals surface area contributed by atoms with Crippen molar-refractivity contribution in [3.05, 3.63) is 42.1 Å². The fourth-order valence-electron chi connectivity index (χ4n) is 1.48. The number of pyridine rings is 1. The smallest absolute Gasteiger partial charge is 0.178 e. The summed E-state index contributed by atoms with van der Waals surface area (Å²) >= 11 is 0. The van der Waals surface area contributed by atoms with E-state index >= 15 is 0 Å². The van der Waals surface area contributed by atoms with Crippen molar-refractivity contribution in [1.29, 1.82) is 0 Å². The van der Waals surface area contributed by atoms with Gasteiger partial charge in [0.05, 0.1) is 11.9 Å². The molecule has 0 aromatic carbocycles. The maximum Gasteiger partial charge on any atom is 0.178 e. The normalized spacial score (nSPS) is 11.6. The molecule has 5 heteroatoms. The van der Waals surface area contributed by atoms with Crippen LogP contribution in [0, 0.1) is 5.82 Å². The Morgan fingerprint density at radius 3 is 2.58 bits per heavy atom. The Labute approximate surface area is 112 Å². The van der Waals surface area contributed by atoms with E-state index in [0.717, 1.165) is 5.69 Å². The molecule has 0 aliphatic carbocycles. The number of halogens is 1. The van der Waals surface area contributed by atoms with E-state index in [1.165, 1.54) is 12.3 Å². The summed E-state index contributed by atoms with van der Waals surface area (Å²) in [4.78, 5) is 12.6. The summed E-state index contributed by atoms with van der Waals surface area (Å²) in [6.45, 7) is 6.93. The van der Waals surface area contributed by atoms with Crippen LogP contribution in [0.2, 0.25) is 0 Å². The van der Waals surface area contributed by atoms with Crippen molar-refractivity contribution < 1.29 is 4.39 Å². The number of rotatable bonds is 3. The maximum absolute atomic E-state index is 12.8. The van der Waals surface area contributed by atoms with Gasteiger partial charge in [-0.15, -0.1) is 0 Å². The van der Waals surface area contributed by atoms with E-state index in [4.69, 9.17) is 0 Å². The quantitative estimate of drug-likeness (QED) is 0.921. The second-order valence-corrected chi connectivity index (χ2v) is 5.34. The lowest BCUT2D eigenvalue weighted by Gasteiger charge is -2.20. The Morgan fingerprint density at radius 1 is 1.16 bits per heavy atom. The van der Waals surface area contributed by atoms with Gasteiger partial charge < -0.3 is 5.32 Å². The summed E-state index contributed by atoms with van der Waals surface area (Å²) in [5.74, 6) is 0.141. The first kappa shape index (κ1) is 13.5. The molecule has 2 rings (SSSR count). The Kier molecular flexibility index (Phi) is 3.85. The van der Waals surface area contributed by atoms with Crippen molar-refractivity contribution in [3.8, 4) is 11.5 Å². The van der Waals surface area contributed by atoms with Gasteiger partial charge in [0.25, 0.3) is 0 Å². The SMILES string of the molecule is CC(C)(C)NCc1ccnc(-c2ccc(F)cn2)n1. The molecule has 4 nitrogen and oxygen atoms in total. The standard InChI is InChI=1S/C14H17FN4/c1-14(2,3)18-9-11-6-7-16-13(19-11)12-5-4-10(15)8-17-12/h4-8,18H,9H2,1-3H3. The molecular weight excluding hydrogens is 243 g/mol. The summed E-state index contributed by atoms with van der Waals surface area (Å²) in [6.07, 6.45) is 2.85. The second kappa shape index (κ2) is 5.40. The molecular formula is C14H17FN4. The van der Waals surface area contributed by atoms with Crippen LogP contribution in [0.5, 0.6) is 0 Å². The molecule has 0 unspecified atom stereocenters. The maximum atomic E-state index is 12.8. The van der Waals surface area contributed by atoms with E-state index in [2.05, 4.69) is 41.0 Å². The van der Waals surface area contributed by atoms with Crippen molar-refractivity contribution in [3.63, 3.8) is 0 Å². The molecule has 0 aliphatic heterocycles. The van der Waals surface area contributed by atoms with Crippen molar-refractivity contribution >= 4 is 0 Å². The van der Waals surface area contributed by atoms with Crippen LogP contribution in [0.4, 0.5) is 4.39 Å². The van der Waals surface area contributed by atoms with Crippen LogP contribution < -0.4 is 5.32 Å². The van der Waals surface area contributed by atoms with E-state index in [9.17, 15) is 4.39 Å². The molecule has 0 aliphatic rings. The van der Waals surface area contributed by atoms with E-state index in [1.54, 1.807) is 12.3 Å². The number of aromatic nitrogens is 3. The van der Waals surface area contributed by atoms with E-state index in [0.29, 0.717) is 18.1 Å². The molecule has 19 heavy (non-hydrogen) atoms. The number of nitrogens with one attached hydrogen (secondary N) is 1. The van der Waals surface area contributed by atoms with Gasteiger partial charge >= 0.3 is 0 Å². The lowest BCUT2D eigenvalue weighted by atomic mass is 10.1. The zero-order valence-electron chi connectivity index (χ0n) is 11.3. The van der Waals surface area contributed by atoms with Gasteiger partial charge in [-0.05, 0) is 39.0 Å². The molecule has 0 saturated heterocycles. The minimum Gasteiger partial charge on any atom is -0.306 e. The van der Waals surface area contributed by atoms with E-state index in [-0.39, 0.29) is 11.4 Å². The molecule has 0 spiro atoms. The van der Waals surface area contributed by atoms with E-state index in [1.807, 2.05) is 6.07 Å². The van der Waals surface area contributed by atoms with Crippen LogP contribution in [-0.2, 0) is 6.54 Å². The highest BCUT2D eigenvalue weighted by atomic mass is 19.1. The van der Waals surface area contributed by atoms with Gasteiger partial charge in [-0.3, -0.25) is 0 Å². The molecule has 0 saturated carbocycles. The highest BCUT2D eigenvalue weighted by Crippen LogP contribution is 2.12. The second-order valence-electron chi connectivity index (χ2n) is 5.34. The van der Waals surface area contributed by atoms with Crippen molar-refractivity contribution in [2.24, 2.45) is 0 Å². The summed E-state index contributed by atoms with van der Waals surface area (Å²) in [5.41, 5.74) is 1.48. The molecule has 2 aromatic rings.